The Kier molecular flexibility index (Phi) is 8.22. The molecule has 0 aliphatic heterocycles. The number of nitrogens with zero attached hydrogens (tertiary/aromatic N) is 1. The molecule has 29 heavy (non-hydrogen) atoms. The zero-order valence-electron chi connectivity index (χ0n) is 17.5. The van der Waals surface area contributed by atoms with Crippen LogP contribution in [0.15, 0.2) is 48.5 Å². The minimum absolute atomic E-state index is 0.0218. The lowest BCUT2D eigenvalue weighted by Gasteiger charge is -2.30. The summed E-state index contributed by atoms with van der Waals surface area (Å²) < 4.78 is 28.2. The quantitative estimate of drug-likeness (QED) is 0.642. The molecule has 1 N–H and O–H groups in total. The van der Waals surface area contributed by atoms with Crippen molar-refractivity contribution in [2.75, 3.05) is 33.0 Å². The first-order valence-corrected chi connectivity index (χ1v) is 11.8. The molecule has 6 nitrogen and oxygen atoms in total. The third-order valence-electron chi connectivity index (χ3n) is 4.83. The normalized spacial score (nSPS) is 12.6. The van der Waals surface area contributed by atoms with Gasteiger partial charge in [0.25, 0.3) is 5.91 Å². The fraction of sp³-hybridized carbons (Fsp3) is 0.409. The van der Waals surface area contributed by atoms with E-state index < -0.39 is 9.84 Å². The van der Waals surface area contributed by atoms with E-state index in [1.807, 2.05) is 24.3 Å². The van der Waals surface area contributed by atoms with Gasteiger partial charge in [0.05, 0.1) is 18.9 Å². The van der Waals surface area contributed by atoms with Crippen molar-refractivity contribution in [3.05, 3.63) is 65.2 Å². The summed E-state index contributed by atoms with van der Waals surface area (Å²) in [6, 6.07) is 14.6. The number of hydrogen-bond donors (Lipinski definition) is 1. The van der Waals surface area contributed by atoms with Crippen LogP contribution in [0, 0.1) is 0 Å². The van der Waals surface area contributed by atoms with Gasteiger partial charge in [0.1, 0.15) is 5.75 Å². The van der Waals surface area contributed by atoms with E-state index in [0.717, 1.165) is 24.4 Å². The first-order valence-electron chi connectivity index (χ1n) is 9.70. The van der Waals surface area contributed by atoms with Gasteiger partial charge in [-0.3, -0.25) is 9.69 Å². The fourth-order valence-corrected chi connectivity index (χ4v) is 4.12. The van der Waals surface area contributed by atoms with E-state index in [-0.39, 0.29) is 17.7 Å². The van der Waals surface area contributed by atoms with Crippen LogP contribution >= 0.6 is 0 Å². The molecule has 7 heteroatoms. The van der Waals surface area contributed by atoms with Crippen LogP contribution in [0.2, 0.25) is 0 Å². The third-order valence-corrected chi connectivity index (χ3v) is 5.69. The Morgan fingerprint density at radius 1 is 1.10 bits per heavy atom. The summed E-state index contributed by atoms with van der Waals surface area (Å²) in [7, 11) is -1.46. The summed E-state index contributed by atoms with van der Waals surface area (Å²) in [6.45, 7) is 6.36. The molecule has 1 atom stereocenters. The minimum atomic E-state index is -3.10. The number of hydrogen-bond acceptors (Lipinski definition) is 5. The third kappa shape index (κ3) is 6.87. The molecule has 2 aromatic rings. The van der Waals surface area contributed by atoms with Gasteiger partial charge >= 0.3 is 0 Å². The number of nitrogens with one attached hydrogen (secondary N) is 1. The van der Waals surface area contributed by atoms with Crippen molar-refractivity contribution in [1.29, 1.82) is 0 Å². The maximum Gasteiger partial charge on any atom is 0.251 e. The van der Waals surface area contributed by atoms with Crippen LogP contribution in [-0.2, 0) is 15.6 Å². The van der Waals surface area contributed by atoms with Crippen molar-refractivity contribution in [3.63, 3.8) is 0 Å². The Hall–Kier alpha value is -2.38. The second-order valence-electron chi connectivity index (χ2n) is 6.99. The molecular formula is C22H30N2O4S. The highest BCUT2D eigenvalue weighted by Gasteiger charge is 2.20. The number of ether oxygens (including phenoxy) is 1. The summed E-state index contributed by atoms with van der Waals surface area (Å²) in [6.07, 6.45) is 1.19. The van der Waals surface area contributed by atoms with Crippen molar-refractivity contribution < 1.29 is 17.9 Å². The largest absolute Gasteiger partial charge is 0.497 e. The molecule has 2 rings (SSSR count). The number of sulfone groups is 1. The standard InChI is InChI=1S/C22H30N2O4S/c1-5-24(6-2)21(19-8-7-9-20(14-19)28-3)15-23-22(25)18-12-10-17(11-13-18)16-29(4,26)27/h7-14,21H,5-6,15-16H2,1-4H3,(H,23,25). The Labute approximate surface area is 173 Å². The Bertz CT molecular complexity index is 907. The molecule has 158 valence electrons. The first-order chi connectivity index (χ1) is 13.8. The van der Waals surface area contributed by atoms with Gasteiger partial charge in [-0.05, 0) is 48.5 Å². The van der Waals surface area contributed by atoms with Crippen molar-refractivity contribution in [2.45, 2.75) is 25.6 Å². The van der Waals surface area contributed by atoms with Crippen molar-refractivity contribution in [1.82, 2.24) is 10.2 Å². The van der Waals surface area contributed by atoms with Gasteiger partial charge in [0.2, 0.25) is 0 Å². The van der Waals surface area contributed by atoms with E-state index >= 15 is 0 Å². The average Bonchev–Trinajstić information content (AvgIpc) is 2.70. The zero-order valence-corrected chi connectivity index (χ0v) is 18.3. The number of rotatable bonds is 10. The topological polar surface area (TPSA) is 75.7 Å². The van der Waals surface area contributed by atoms with Crippen molar-refractivity contribution >= 4 is 15.7 Å². The van der Waals surface area contributed by atoms with E-state index in [2.05, 4.69) is 24.1 Å². The monoisotopic (exact) mass is 418 g/mol. The summed E-state index contributed by atoms with van der Waals surface area (Å²) in [5.41, 5.74) is 2.25. The van der Waals surface area contributed by atoms with Crippen molar-refractivity contribution in [3.8, 4) is 5.75 Å². The van der Waals surface area contributed by atoms with Crippen LogP contribution in [0.25, 0.3) is 0 Å². The number of carbonyl (C=O) groups excluding carboxylic acids is 1. The summed E-state index contributed by atoms with van der Waals surface area (Å²) >= 11 is 0. The van der Waals surface area contributed by atoms with Gasteiger partial charge in [0, 0.05) is 18.4 Å². The van der Waals surface area contributed by atoms with E-state index in [1.54, 1.807) is 31.4 Å². The molecule has 0 saturated heterocycles. The summed E-state index contributed by atoms with van der Waals surface area (Å²) in [4.78, 5) is 14.9. The van der Waals surface area contributed by atoms with Crippen molar-refractivity contribution in [2.24, 2.45) is 0 Å². The smallest absolute Gasteiger partial charge is 0.251 e. The highest BCUT2D eigenvalue weighted by molar-refractivity contribution is 7.89. The molecule has 0 bridgehead atoms. The van der Waals surface area contributed by atoms with Gasteiger partial charge in [0.15, 0.2) is 9.84 Å². The highest BCUT2D eigenvalue weighted by atomic mass is 32.2. The minimum Gasteiger partial charge on any atom is -0.497 e. The molecule has 0 heterocycles. The molecule has 0 fully saturated rings. The van der Waals surface area contributed by atoms with E-state index in [9.17, 15) is 13.2 Å². The Morgan fingerprint density at radius 2 is 1.76 bits per heavy atom. The molecule has 0 aliphatic rings. The lowest BCUT2D eigenvalue weighted by Crippen LogP contribution is -2.38. The van der Waals surface area contributed by atoms with Gasteiger partial charge in [-0.2, -0.15) is 0 Å². The molecule has 0 aromatic heterocycles. The summed E-state index contributed by atoms with van der Waals surface area (Å²) in [5, 5.41) is 3.01. The van der Waals surface area contributed by atoms with Crippen LogP contribution in [0.4, 0.5) is 0 Å². The number of benzene rings is 2. The van der Waals surface area contributed by atoms with Crippen LogP contribution in [0.5, 0.6) is 5.75 Å². The maximum atomic E-state index is 12.6. The lowest BCUT2D eigenvalue weighted by molar-refractivity contribution is 0.0935. The van der Waals surface area contributed by atoms with Crippen LogP contribution in [0.1, 0.15) is 41.4 Å². The van der Waals surface area contributed by atoms with Crippen LogP contribution in [0.3, 0.4) is 0 Å². The molecule has 0 radical (unpaired) electrons. The highest BCUT2D eigenvalue weighted by Crippen LogP contribution is 2.24. The predicted octanol–water partition coefficient (Wildman–Crippen LogP) is 3.05. The van der Waals surface area contributed by atoms with E-state index in [1.165, 1.54) is 6.26 Å². The number of amides is 1. The van der Waals surface area contributed by atoms with Gasteiger partial charge in [-0.1, -0.05) is 38.1 Å². The molecule has 1 unspecified atom stereocenters. The maximum absolute atomic E-state index is 12.6. The molecule has 0 saturated carbocycles. The molecule has 2 aromatic carbocycles. The predicted molar refractivity (Wildman–Crippen MR) is 116 cm³/mol. The Balaban J connectivity index is 2.12. The van der Waals surface area contributed by atoms with Crippen LogP contribution < -0.4 is 10.1 Å². The fourth-order valence-electron chi connectivity index (χ4n) is 3.32. The average molecular weight is 419 g/mol. The second-order valence-corrected chi connectivity index (χ2v) is 9.13. The zero-order chi connectivity index (χ0) is 21.4. The second kappa shape index (κ2) is 10.4. The molecule has 1 amide bonds. The molecule has 0 spiro atoms. The number of carbonyl (C=O) groups is 1. The molecular weight excluding hydrogens is 388 g/mol. The first kappa shape index (κ1) is 22.9. The molecule has 0 aliphatic carbocycles. The van der Waals surface area contributed by atoms with E-state index in [0.29, 0.717) is 17.7 Å². The SMILES string of the molecule is CCN(CC)C(CNC(=O)c1ccc(CS(C)(=O)=O)cc1)c1cccc(OC)c1. The lowest BCUT2D eigenvalue weighted by atomic mass is 10.0. The Morgan fingerprint density at radius 3 is 2.31 bits per heavy atom. The number of methoxy groups -OCH3 is 1. The number of likely N-dealkylation sites (N-methyl/N-ethyl adjacent to an activating group) is 1. The van der Waals surface area contributed by atoms with Gasteiger partial charge < -0.3 is 10.1 Å². The van der Waals surface area contributed by atoms with Gasteiger partial charge in [-0.25, -0.2) is 8.42 Å². The van der Waals surface area contributed by atoms with Crippen LogP contribution in [-0.4, -0.2) is 52.2 Å². The summed E-state index contributed by atoms with van der Waals surface area (Å²) in [5.74, 6) is 0.567. The van der Waals surface area contributed by atoms with Gasteiger partial charge in [-0.15, -0.1) is 0 Å². The van der Waals surface area contributed by atoms with E-state index in [4.69, 9.17) is 4.74 Å².